The molecule has 0 radical (unpaired) electrons. The summed E-state index contributed by atoms with van der Waals surface area (Å²) in [6.07, 6.45) is 3.01. The van der Waals surface area contributed by atoms with Crippen LogP contribution in [0.5, 0.6) is 0 Å². The van der Waals surface area contributed by atoms with Gasteiger partial charge >= 0.3 is 0 Å². The lowest BCUT2D eigenvalue weighted by Crippen LogP contribution is -2.08. The van der Waals surface area contributed by atoms with E-state index in [-0.39, 0.29) is 0 Å². The van der Waals surface area contributed by atoms with Crippen molar-refractivity contribution in [2.45, 2.75) is 19.3 Å². The van der Waals surface area contributed by atoms with Gasteiger partial charge in [0.15, 0.2) is 5.78 Å². The minimum atomic E-state index is -0.814. The summed E-state index contributed by atoms with van der Waals surface area (Å²) in [6.45, 7) is 0. The summed E-state index contributed by atoms with van der Waals surface area (Å²) in [7, 11) is 0. The maximum absolute atomic E-state index is 13.6. The van der Waals surface area contributed by atoms with Gasteiger partial charge in [0.2, 0.25) is 0 Å². The van der Waals surface area contributed by atoms with E-state index in [0.717, 1.165) is 37.0 Å². The first-order chi connectivity index (χ1) is 9.16. The Bertz CT molecular complexity index is 642. The van der Waals surface area contributed by atoms with Crippen LogP contribution in [0.1, 0.15) is 33.5 Å². The van der Waals surface area contributed by atoms with Crippen LogP contribution in [-0.2, 0) is 12.8 Å². The molecule has 19 heavy (non-hydrogen) atoms. The Kier molecular flexibility index (Phi) is 2.90. The smallest absolute Gasteiger partial charge is 0.198 e. The molecule has 3 heteroatoms. The van der Waals surface area contributed by atoms with Crippen LogP contribution < -0.4 is 0 Å². The van der Waals surface area contributed by atoms with Crippen LogP contribution in [0.2, 0.25) is 0 Å². The van der Waals surface area contributed by atoms with Gasteiger partial charge in [0, 0.05) is 5.56 Å². The molecule has 96 valence electrons. The highest BCUT2D eigenvalue weighted by molar-refractivity contribution is 6.09. The second-order valence-electron chi connectivity index (χ2n) is 4.76. The molecule has 0 atom stereocenters. The van der Waals surface area contributed by atoms with Crippen LogP contribution in [0.25, 0.3) is 0 Å². The van der Waals surface area contributed by atoms with E-state index in [2.05, 4.69) is 0 Å². The number of ketones is 1. The maximum atomic E-state index is 13.6. The number of benzene rings is 2. The molecule has 0 saturated heterocycles. The molecular weight excluding hydrogens is 246 g/mol. The molecule has 2 aromatic rings. The third-order valence-corrected chi connectivity index (χ3v) is 3.55. The molecule has 0 fully saturated rings. The van der Waals surface area contributed by atoms with Gasteiger partial charge in [-0.2, -0.15) is 0 Å². The van der Waals surface area contributed by atoms with E-state index < -0.39 is 23.0 Å². The number of fused-ring (bicyclic) bond motifs is 1. The van der Waals surface area contributed by atoms with Gasteiger partial charge in [0.05, 0.1) is 5.56 Å². The van der Waals surface area contributed by atoms with E-state index in [1.165, 1.54) is 11.6 Å². The standard InChI is InChI=1S/C16H12F2O/c17-13-5-2-6-14(18)15(13)16(19)12-8-7-10-3-1-4-11(10)9-12/h2,5-9H,1,3-4H2. The van der Waals surface area contributed by atoms with Gasteiger partial charge in [-0.25, -0.2) is 8.78 Å². The van der Waals surface area contributed by atoms with Crippen molar-refractivity contribution in [3.8, 4) is 0 Å². The van der Waals surface area contributed by atoms with E-state index in [4.69, 9.17) is 0 Å². The first-order valence-electron chi connectivity index (χ1n) is 6.27. The van der Waals surface area contributed by atoms with Crippen molar-refractivity contribution < 1.29 is 13.6 Å². The van der Waals surface area contributed by atoms with E-state index >= 15 is 0 Å². The van der Waals surface area contributed by atoms with E-state index in [9.17, 15) is 13.6 Å². The summed E-state index contributed by atoms with van der Waals surface area (Å²) in [5.74, 6) is -2.22. The Morgan fingerprint density at radius 3 is 2.37 bits per heavy atom. The van der Waals surface area contributed by atoms with Gasteiger partial charge in [-0.15, -0.1) is 0 Å². The first kappa shape index (κ1) is 12.0. The van der Waals surface area contributed by atoms with Crippen molar-refractivity contribution in [2.75, 3.05) is 0 Å². The quantitative estimate of drug-likeness (QED) is 0.751. The van der Waals surface area contributed by atoms with Gasteiger partial charge in [0.1, 0.15) is 11.6 Å². The topological polar surface area (TPSA) is 17.1 Å². The maximum Gasteiger partial charge on any atom is 0.198 e. The lowest BCUT2D eigenvalue weighted by molar-refractivity contribution is 0.103. The Labute approximate surface area is 109 Å². The van der Waals surface area contributed by atoms with Crippen molar-refractivity contribution in [3.63, 3.8) is 0 Å². The summed E-state index contributed by atoms with van der Waals surface area (Å²) >= 11 is 0. The Hall–Kier alpha value is -2.03. The molecule has 1 aliphatic carbocycles. The fourth-order valence-electron chi connectivity index (χ4n) is 2.57. The average molecular weight is 258 g/mol. The molecule has 3 rings (SSSR count). The summed E-state index contributed by atoms with van der Waals surface area (Å²) < 4.78 is 27.2. The lowest BCUT2D eigenvalue weighted by Gasteiger charge is -2.06. The summed E-state index contributed by atoms with van der Waals surface area (Å²) in [6, 6.07) is 8.75. The molecule has 0 aromatic heterocycles. The molecule has 1 nitrogen and oxygen atoms in total. The van der Waals surface area contributed by atoms with Crippen LogP contribution in [0.3, 0.4) is 0 Å². The zero-order valence-electron chi connectivity index (χ0n) is 10.2. The third kappa shape index (κ3) is 2.05. The predicted molar refractivity (Wildman–Crippen MR) is 68.3 cm³/mol. The van der Waals surface area contributed by atoms with Crippen molar-refractivity contribution in [1.29, 1.82) is 0 Å². The lowest BCUT2D eigenvalue weighted by atomic mass is 9.98. The Balaban J connectivity index is 2.05. The summed E-state index contributed by atoms with van der Waals surface area (Å²) in [4.78, 5) is 12.2. The van der Waals surface area contributed by atoms with Gasteiger partial charge in [-0.1, -0.05) is 18.2 Å². The van der Waals surface area contributed by atoms with Crippen molar-refractivity contribution in [1.82, 2.24) is 0 Å². The van der Waals surface area contributed by atoms with Crippen molar-refractivity contribution >= 4 is 5.78 Å². The second-order valence-corrected chi connectivity index (χ2v) is 4.76. The van der Waals surface area contributed by atoms with Crippen molar-refractivity contribution in [3.05, 3.63) is 70.3 Å². The minimum Gasteiger partial charge on any atom is -0.288 e. The molecule has 0 heterocycles. The number of halogens is 2. The monoisotopic (exact) mass is 258 g/mol. The highest BCUT2D eigenvalue weighted by Gasteiger charge is 2.20. The van der Waals surface area contributed by atoms with Crippen LogP contribution in [0.4, 0.5) is 8.78 Å². The van der Waals surface area contributed by atoms with Crippen LogP contribution in [0, 0.1) is 11.6 Å². The van der Waals surface area contributed by atoms with Crippen molar-refractivity contribution in [2.24, 2.45) is 0 Å². The number of aryl methyl sites for hydroxylation is 2. The third-order valence-electron chi connectivity index (χ3n) is 3.55. The number of carbonyl (C=O) groups is 1. The molecule has 0 N–H and O–H groups in total. The fraction of sp³-hybridized carbons (Fsp3) is 0.188. The fourth-order valence-corrected chi connectivity index (χ4v) is 2.57. The number of hydrogen-bond acceptors (Lipinski definition) is 1. The zero-order chi connectivity index (χ0) is 13.4. The zero-order valence-corrected chi connectivity index (χ0v) is 10.2. The average Bonchev–Trinajstić information content (AvgIpc) is 2.85. The Morgan fingerprint density at radius 2 is 1.63 bits per heavy atom. The normalized spacial score (nSPS) is 13.4. The van der Waals surface area contributed by atoms with E-state index in [1.807, 2.05) is 6.07 Å². The first-order valence-corrected chi connectivity index (χ1v) is 6.27. The van der Waals surface area contributed by atoms with Crippen LogP contribution >= 0.6 is 0 Å². The Morgan fingerprint density at radius 1 is 0.947 bits per heavy atom. The summed E-state index contributed by atoms with van der Waals surface area (Å²) in [5, 5.41) is 0. The molecule has 0 amide bonds. The SMILES string of the molecule is O=C(c1ccc2c(c1)CCC2)c1c(F)cccc1F. The summed E-state index contributed by atoms with van der Waals surface area (Å²) in [5.41, 5.74) is 2.22. The molecule has 0 saturated carbocycles. The molecule has 0 spiro atoms. The van der Waals surface area contributed by atoms with E-state index in [0.29, 0.717) is 5.56 Å². The predicted octanol–water partition coefficient (Wildman–Crippen LogP) is 3.68. The molecule has 0 unspecified atom stereocenters. The largest absolute Gasteiger partial charge is 0.288 e. The van der Waals surface area contributed by atoms with E-state index in [1.54, 1.807) is 12.1 Å². The molecule has 1 aliphatic rings. The van der Waals surface area contributed by atoms with Gasteiger partial charge < -0.3 is 0 Å². The van der Waals surface area contributed by atoms with Crippen LogP contribution in [0.15, 0.2) is 36.4 Å². The number of rotatable bonds is 2. The molecular formula is C16H12F2O. The van der Waals surface area contributed by atoms with Gasteiger partial charge in [-0.05, 0) is 48.6 Å². The highest BCUT2D eigenvalue weighted by atomic mass is 19.1. The number of carbonyl (C=O) groups excluding carboxylic acids is 1. The van der Waals surface area contributed by atoms with Crippen LogP contribution in [-0.4, -0.2) is 5.78 Å². The number of hydrogen-bond donors (Lipinski definition) is 0. The molecule has 2 aromatic carbocycles. The molecule has 0 aliphatic heterocycles. The molecule has 0 bridgehead atoms. The van der Waals surface area contributed by atoms with Gasteiger partial charge in [0.25, 0.3) is 0 Å². The van der Waals surface area contributed by atoms with Gasteiger partial charge in [-0.3, -0.25) is 4.79 Å². The minimum absolute atomic E-state index is 0.352. The second kappa shape index (κ2) is 4.57. The highest BCUT2D eigenvalue weighted by Crippen LogP contribution is 2.25.